The highest BCUT2D eigenvalue weighted by Gasteiger charge is 2.36. The molecule has 0 unspecified atom stereocenters. The molecule has 0 radical (unpaired) electrons. The van der Waals surface area contributed by atoms with Crippen molar-refractivity contribution in [3.63, 3.8) is 0 Å². The molecular weight excluding hydrogens is 777 g/mol. The summed E-state index contributed by atoms with van der Waals surface area (Å²) in [7, 11) is 0. The Kier molecular flexibility index (Phi) is 8.84. The van der Waals surface area contributed by atoms with Crippen molar-refractivity contribution in [2.24, 2.45) is 0 Å². The average Bonchev–Trinajstić information content (AvgIpc) is 3.58. The molecule has 0 amide bonds. The first-order chi connectivity index (χ1) is 31.5. The highest BCUT2D eigenvalue weighted by molar-refractivity contribution is 6.08. The van der Waals surface area contributed by atoms with Crippen LogP contribution in [-0.2, 0) is 5.41 Å². The van der Waals surface area contributed by atoms with Crippen LogP contribution in [0.1, 0.15) is 25.0 Å². The van der Waals surface area contributed by atoms with Crippen molar-refractivity contribution in [1.82, 2.24) is 0 Å². The van der Waals surface area contributed by atoms with Crippen LogP contribution >= 0.6 is 0 Å². The Morgan fingerprint density at radius 2 is 0.844 bits per heavy atom. The number of para-hydroxylation sites is 2. The Bertz CT molecular complexity index is 3320. The standard InChI is InChI=1S/C61H44N2O/c1-61(2)55-24-13-12-22-51(55)52-36-34-49(39-56(52)61)63(48-32-29-44(30-33-48)43-27-25-42(26-28-43)41-15-6-3-7-16-41)57-38-31-45-17-14-23-54-53-37-35-50(40-58(53)64-60(57)59(45)54)62(46-18-8-4-9-19-46)47-20-10-5-11-21-47/h3-40H,1-2H3. The highest BCUT2D eigenvalue weighted by Crippen LogP contribution is 2.56. The Labute approximate surface area is 374 Å². The molecule has 0 saturated heterocycles. The maximum Gasteiger partial charge on any atom is 0.159 e. The van der Waals surface area contributed by atoms with Gasteiger partial charge in [0.1, 0.15) is 5.75 Å². The van der Waals surface area contributed by atoms with Gasteiger partial charge >= 0.3 is 0 Å². The number of hydrogen-bond acceptors (Lipinski definition) is 3. The molecule has 12 rings (SSSR count). The molecule has 1 heterocycles. The van der Waals surface area contributed by atoms with Crippen LogP contribution in [0.4, 0.5) is 34.1 Å². The molecule has 0 aromatic heterocycles. The fourth-order valence-corrected chi connectivity index (χ4v) is 10.1. The molecule has 0 atom stereocenters. The Hall–Kier alpha value is -8.14. The lowest BCUT2D eigenvalue weighted by molar-refractivity contribution is 0.488. The molecular formula is C61H44N2O. The van der Waals surface area contributed by atoms with E-state index in [1.807, 2.05) is 0 Å². The predicted molar refractivity (Wildman–Crippen MR) is 267 cm³/mol. The molecule has 1 aliphatic carbocycles. The van der Waals surface area contributed by atoms with Gasteiger partial charge in [-0.1, -0.05) is 172 Å². The minimum absolute atomic E-state index is 0.163. The molecule has 3 heteroatoms. The number of hydrogen-bond donors (Lipinski definition) is 0. The van der Waals surface area contributed by atoms with E-state index in [1.165, 1.54) is 38.9 Å². The Morgan fingerprint density at radius 1 is 0.344 bits per heavy atom. The van der Waals surface area contributed by atoms with Crippen LogP contribution in [0.3, 0.4) is 0 Å². The molecule has 0 N–H and O–H groups in total. The summed E-state index contributed by atoms with van der Waals surface area (Å²) in [5, 5.41) is 2.25. The molecule has 10 aromatic carbocycles. The Morgan fingerprint density at radius 3 is 1.52 bits per heavy atom. The Balaban J connectivity index is 1.01. The van der Waals surface area contributed by atoms with Crippen molar-refractivity contribution in [2.45, 2.75) is 19.3 Å². The molecule has 10 aromatic rings. The van der Waals surface area contributed by atoms with Crippen LogP contribution in [0, 0.1) is 0 Å². The van der Waals surface area contributed by atoms with Crippen LogP contribution in [0.15, 0.2) is 231 Å². The van der Waals surface area contributed by atoms with E-state index in [0.29, 0.717) is 0 Å². The van der Waals surface area contributed by atoms with Gasteiger partial charge in [-0.25, -0.2) is 0 Å². The summed E-state index contributed by atoms with van der Waals surface area (Å²) in [5.74, 6) is 1.66. The maximum absolute atomic E-state index is 7.32. The lowest BCUT2D eigenvalue weighted by Crippen LogP contribution is -2.17. The summed E-state index contributed by atoms with van der Waals surface area (Å²) in [5.41, 5.74) is 18.4. The van der Waals surface area contributed by atoms with Gasteiger partial charge in [-0.3, -0.25) is 0 Å². The van der Waals surface area contributed by atoms with Crippen molar-refractivity contribution >= 4 is 44.9 Å². The minimum atomic E-state index is -0.163. The molecule has 0 bridgehead atoms. The molecule has 0 fully saturated rings. The predicted octanol–water partition coefficient (Wildman–Crippen LogP) is 17.2. The van der Waals surface area contributed by atoms with Gasteiger partial charge < -0.3 is 14.5 Å². The van der Waals surface area contributed by atoms with Gasteiger partial charge in [0.05, 0.1) is 5.69 Å². The van der Waals surface area contributed by atoms with Crippen molar-refractivity contribution in [3.8, 4) is 56.0 Å². The molecule has 0 saturated carbocycles. The smallest absolute Gasteiger partial charge is 0.159 e. The van der Waals surface area contributed by atoms with Crippen molar-refractivity contribution in [1.29, 1.82) is 0 Å². The number of ether oxygens (including phenoxy) is 1. The summed E-state index contributed by atoms with van der Waals surface area (Å²) in [6.45, 7) is 4.70. The van der Waals surface area contributed by atoms with Crippen LogP contribution in [0.2, 0.25) is 0 Å². The first-order valence-electron chi connectivity index (χ1n) is 22.1. The summed E-state index contributed by atoms with van der Waals surface area (Å²) in [4.78, 5) is 4.68. The van der Waals surface area contributed by atoms with Crippen molar-refractivity contribution in [3.05, 3.63) is 242 Å². The summed E-state index contributed by atoms with van der Waals surface area (Å²) in [6, 6.07) is 83.1. The van der Waals surface area contributed by atoms with Gasteiger partial charge in [-0.15, -0.1) is 0 Å². The molecule has 1 aliphatic heterocycles. The third-order valence-corrected chi connectivity index (χ3v) is 13.2. The highest BCUT2D eigenvalue weighted by atomic mass is 16.5. The molecule has 2 aliphatic rings. The van der Waals surface area contributed by atoms with Gasteiger partial charge in [-0.2, -0.15) is 0 Å². The van der Waals surface area contributed by atoms with E-state index in [-0.39, 0.29) is 5.41 Å². The second kappa shape index (κ2) is 15.0. The van der Waals surface area contributed by atoms with E-state index < -0.39 is 0 Å². The lowest BCUT2D eigenvalue weighted by atomic mass is 9.82. The van der Waals surface area contributed by atoms with E-state index in [4.69, 9.17) is 4.74 Å². The van der Waals surface area contributed by atoms with Gasteiger partial charge in [0, 0.05) is 50.9 Å². The molecule has 304 valence electrons. The molecule has 0 spiro atoms. The zero-order chi connectivity index (χ0) is 42.8. The molecule has 3 nitrogen and oxygen atoms in total. The lowest BCUT2D eigenvalue weighted by Gasteiger charge is -2.32. The first-order valence-corrected chi connectivity index (χ1v) is 22.1. The minimum Gasteiger partial charge on any atom is -0.454 e. The van der Waals surface area contributed by atoms with Crippen molar-refractivity contribution < 1.29 is 4.74 Å². The third-order valence-electron chi connectivity index (χ3n) is 13.2. The van der Waals surface area contributed by atoms with Crippen LogP contribution in [-0.4, -0.2) is 0 Å². The van der Waals surface area contributed by atoms with Crippen LogP contribution in [0.25, 0.3) is 55.3 Å². The van der Waals surface area contributed by atoms with Gasteiger partial charge in [0.2, 0.25) is 0 Å². The summed E-state index contributed by atoms with van der Waals surface area (Å²) in [6.07, 6.45) is 0. The van der Waals surface area contributed by atoms with Crippen molar-refractivity contribution in [2.75, 3.05) is 9.80 Å². The quantitative estimate of drug-likeness (QED) is 0.152. The van der Waals surface area contributed by atoms with E-state index >= 15 is 0 Å². The molecule has 64 heavy (non-hydrogen) atoms. The summed E-state index contributed by atoms with van der Waals surface area (Å²) >= 11 is 0. The number of benzene rings is 10. The van der Waals surface area contributed by atoms with E-state index in [0.717, 1.165) is 73.1 Å². The monoisotopic (exact) mass is 820 g/mol. The third kappa shape index (κ3) is 6.20. The SMILES string of the molecule is CC1(C)c2ccccc2-c2ccc(N(c3ccc(-c4ccc(-c5ccccc5)cc4)cc3)c3ccc4cccc5c4c3Oc3cc(N(c4ccccc4)c4ccccc4)ccc3-5)cc21. The zero-order valence-electron chi connectivity index (χ0n) is 35.7. The number of nitrogens with zero attached hydrogens (tertiary/aromatic N) is 2. The first kappa shape index (κ1) is 37.6. The van der Waals surface area contributed by atoms with Crippen LogP contribution < -0.4 is 14.5 Å². The largest absolute Gasteiger partial charge is 0.454 e. The number of rotatable bonds is 8. The van der Waals surface area contributed by atoms with Gasteiger partial charge in [-0.05, 0) is 122 Å². The second-order valence-electron chi connectivity index (χ2n) is 17.3. The zero-order valence-corrected chi connectivity index (χ0v) is 35.7. The van der Waals surface area contributed by atoms with Gasteiger partial charge in [0.15, 0.2) is 5.75 Å². The number of anilines is 6. The number of fused-ring (bicyclic) bond motifs is 5. The normalized spacial score (nSPS) is 12.8. The fraction of sp³-hybridized carbons (Fsp3) is 0.0492. The van der Waals surface area contributed by atoms with Gasteiger partial charge in [0.25, 0.3) is 0 Å². The topological polar surface area (TPSA) is 15.7 Å². The van der Waals surface area contributed by atoms with E-state index in [9.17, 15) is 0 Å². The maximum atomic E-state index is 7.32. The average molecular weight is 821 g/mol. The summed E-state index contributed by atoms with van der Waals surface area (Å²) < 4.78 is 7.32. The fourth-order valence-electron chi connectivity index (χ4n) is 10.1. The van der Waals surface area contributed by atoms with Crippen LogP contribution in [0.5, 0.6) is 11.5 Å². The van der Waals surface area contributed by atoms with E-state index in [2.05, 4.69) is 254 Å². The van der Waals surface area contributed by atoms with E-state index in [1.54, 1.807) is 0 Å². The second-order valence-corrected chi connectivity index (χ2v) is 17.3.